The number of carbonyl (C=O) groups excluding carboxylic acids is 1. The van der Waals surface area contributed by atoms with Crippen LogP contribution in [0.5, 0.6) is 11.5 Å². The van der Waals surface area contributed by atoms with E-state index in [0.29, 0.717) is 28.7 Å². The van der Waals surface area contributed by atoms with Crippen molar-refractivity contribution in [2.75, 3.05) is 13.7 Å². The average Bonchev–Trinajstić information content (AvgIpc) is 2.64. The Bertz CT molecular complexity index is 758. The molecule has 0 saturated heterocycles. The number of hydrogen-bond donors (Lipinski definition) is 1. The van der Waals surface area contributed by atoms with E-state index in [0.717, 1.165) is 17.7 Å². The Hall–Kier alpha value is -2.53. The van der Waals surface area contributed by atoms with Crippen molar-refractivity contribution in [1.82, 2.24) is 5.43 Å². The molecule has 0 aliphatic carbocycles. The minimum absolute atomic E-state index is 0.291. The minimum atomic E-state index is -0.291. The van der Waals surface area contributed by atoms with E-state index in [1.165, 1.54) is 0 Å². The second-order valence-corrected chi connectivity index (χ2v) is 5.77. The third-order valence-corrected chi connectivity index (χ3v) is 3.78. The van der Waals surface area contributed by atoms with Crippen LogP contribution in [0.4, 0.5) is 0 Å². The third kappa shape index (κ3) is 5.22. The summed E-state index contributed by atoms with van der Waals surface area (Å²) in [5, 5.41) is 4.62. The summed E-state index contributed by atoms with van der Waals surface area (Å²) in [5.41, 5.74) is 4.49. The average molecular weight is 361 g/mol. The number of methoxy groups -OCH3 is 1. The second-order valence-electron chi connectivity index (χ2n) is 5.36. The highest BCUT2D eigenvalue weighted by atomic mass is 35.5. The molecule has 1 N–H and O–H groups in total. The molecule has 0 aromatic heterocycles. The number of hydrazone groups is 1. The summed E-state index contributed by atoms with van der Waals surface area (Å²) in [6.45, 7) is 4.48. The summed E-state index contributed by atoms with van der Waals surface area (Å²) in [6.07, 6.45) is 0.936. The lowest BCUT2D eigenvalue weighted by atomic mass is 10.1. The first-order valence-corrected chi connectivity index (χ1v) is 8.34. The maximum atomic E-state index is 12.2. The lowest BCUT2D eigenvalue weighted by Gasteiger charge is -2.07. The van der Waals surface area contributed by atoms with E-state index in [4.69, 9.17) is 21.1 Å². The second kappa shape index (κ2) is 9.08. The number of nitrogens with one attached hydrogen (secondary N) is 1. The third-order valence-electron chi connectivity index (χ3n) is 3.48. The lowest BCUT2D eigenvalue weighted by Crippen LogP contribution is -2.19. The number of hydrogen-bond acceptors (Lipinski definition) is 4. The number of ether oxygens (including phenoxy) is 2. The fraction of sp³-hybridized carbons (Fsp3) is 0.263. The highest BCUT2D eigenvalue weighted by molar-refractivity contribution is 6.32. The van der Waals surface area contributed by atoms with Crippen LogP contribution in [0.1, 0.15) is 36.2 Å². The van der Waals surface area contributed by atoms with Gasteiger partial charge in [0.2, 0.25) is 0 Å². The summed E-state index contributed by atoms with van der Waals surface area (Å²) >= 11 is 6.10. The molecule has 132 valence electrons. The van der Waals surface area contributed by atoms with Crippen LogP contribution in [-0.4, -0.2) is 25.3 Å². The SMILES string of the molecule is CCCOc1ccc(C(=O)N/N=C(/C)c2ccc(OC)c(Cl)c2)cc1. The molecule has 1 amide bonds. The molecular weight excluding hydrogens is 340 g/mol. The van der Waals surface area contributed by atoms with Gasteiger partial charge in [0.15, 0.2) is 0 Å². The molecule has 2 rings (SSSR count). The number of carbonyl (C=O) groups is 1. The zero-order valence-corrected chi connectivity index (χ0v) is 15.3. The first-order chi connectivity index (χ1) is 12.0. The molecule has 0 unspecified atom stereocenters. The smallest absolute Gasteiger partial charge is 0.271 e. The van der Waals surface area contributed by atoms with Crippen molar-refractivity contribution in [1.29, 1.82) is 0 Å². The summed E-state index contributed by atoms with van der Waals surface area (Å²) in [5.74, 6) is 1.04. The van der Waals surface area contributed by atoms with Gasteiger partial charge in [-0.15, -0.1) is 0 Å². The molecule has 0 heterocycles. The normalized spacial score (nSPS) is 11.1. The molecule has 0 atom stereocenters. The van der Waals surface area contributed by atoms with Gasteiger partial charge in [-0.2, -0.15) is 5.10 Å². The predicted octanol–water partition coefficient (Wildman–Crippen LogP) is 4.29. The van der Waals surface area contributed by atoms with E-state index >= 15 is 0 Å². The van der Waals surface area contributed by atoms with Crippen molar-refractivity contribution in [3.63, 3.8) is 0 Å². The number of nitrogens with zero attached hydrogens (tertiary/aromatic N) is 1. The van der Waals surface area contributed by atoms with Gasteiger partial charge in [-0.1, -0.05) is 18.5 Å². The van der Waals surface area contributed by atoms with Crippen LogP contribution in [0, 0.1) is 0 Å². The van der Waals surface area contributed by atoms with Crippen LogP contribution in [0.25, 0.3) is 0 Å². The van der Waals surface area contributed by atoms with Crippen LogP contribution in [0.2, 0.25) is 5.02 Å². The van der Waals surface area contributed by atoms with Crippen LogP contribution in [-0.2, 0) is 0 Å². The molecule has 6 heteroatoms. The first-order valence-electron chi connectivity index (χ1n) is 7.96. The molecule has 2 aromatic rings. The van der Waals surface area contributed by atoms with Crippen molar-refractivity contribution in [3.05, 3.63) is 58.6 Å². The maximum Gasteiger partial charge on any atom is 0.271 e. The van der Waals surface area contributed by atoms with Crippen molar-refractivity contribution >= 4 is 23.2 Å². The number of amides is 1. The number of benzene rings is 2. The summed E-state index contributed by atoms with van der Waals surface area (Å²) in [4.78, 5) is 12.2. The Balaban J connectivity index is 2.02. The van der Waals surface area contributed by atoms with Crippen LogP contribution < -0.4 is 14.9 Å². The Morgan fingerprint density at radius 3 is 2.44 bits per heavy atom. The molecule has 0 radical (unpaired) electrons. The lowest BCUT2D eigenvalue weighted by molar-refractivity contribution is 0.0955. The summed E-state index contributed by atoms with van der Waals surface area (Å²) in [6, 6.07) is 12.3. The van der Waals surface area contributed by atoms with E-state index < -0.39 is 0 Å². The van der Waals surface area contributed by atoms with E-state index in [9.17, 15) is 4.79 Å². The summed E-state index contributed by atoms with van der Waals surface area (Å²) < 4.78 is 10.6. The van der Waals surface area contributed by atoms with Crippen molar-refractivity contribution in [3.8, 4) is 11.5 Å². The fourth-order valence-corrected chi connectivity index (χ4v) is 2.34. The first kappa shape index (κ1) is 18.8. The standard InChI is InChI=1S/C19H21ClN2O3/c1-4-11-25-16-8-5-14(6-9-16)19(23)22-21-13(2)15-7-10-18(24-3)17(20)12-15/h5-10,12H,4,11H2,1-3H3,(H,22,23)/b21-13-. The maximum absolute atomic E-state index is 12.2. The monoisotopic (exact) mass is 360 g/mol. The molecule has 0 saturated carbocycles. The summed E-state index contributed by atoms with van der Waals surface area (Å²) in [7, 11) is 1.56. The van der Waals surface area contributed by atoms with Crippen molar-refractivity contribution in [2.45, 2.75) is 20.3 Å². The van der Waals surface area contributed by atoms with E-state index in [1.54, 1.807) is 50.4 Å². The molecular formula is C19H21ClN2O3. The zero-order valence-electron chi connectivity index (χ0n) is 14.5. The largest absolute Gasteiger partial charge is 0.495 e. The number of rotatable bonds is 7. The van der Waals surface area contributed by atoms with Gasteiger partial charge in [0.1, 0.15) is 11.5 Å². The fourth-order valence-electron chi connectivity index (χ4n) is 2.08. The molecule has 0 aliphatic rings. The van der Waals surface area contributed by atoms with Gasteiger partial charge in [-0.25, -0.2) is 5.43 Å². The van der Waals surface area contributed by atoms with Crippen molar-refractivity contribution < 1.29 is 14.3 Å². The van der Waals surface area contributed by atoms with Crippen LogP contribution in [0.15, 0.2) is 47.6 Å². The molecule has 0 aliphatic heterocycles. The van der Waals surface area contributed by atoms with E-state index in [2.05, 4.69) is 10.5 Å². The van der Waals surface area contributed by atoms with Gasteiger partial charge in [-0.05, 0) is 61.4 Å². The molecule has 0 spiro atoms. The van der Waals surface area contributed by atoms with E-state index in [-0.39, 0.29) is 5.91 Å². The van der Waals surface area contributed by atoms with Gasteiger partial charge in [0, 0.05) is 5.56 Å². The Kier molecular flexibility index (Phi) is 6.83. The Morgan fingerprint density at radius 2 is 1.84 bits per heavy atom. The van der Waals surface area contributed by atoms with Crippen molar-refractivity contribution in [2.24, 2.45) is 5.10 Å². The Morgan fingerprint density at radius 1 is 1.16 bits per heavy atom. The minimum Gasteiger partial charge on any atom is -0.495 e. The predicted molar refractivity (Wildman–Crippen MR) is 99.9 cm³/mol. The molecule has 0 bridgehead atoms. The molecule has 25 heavy (non-hydrogen) atoms. The molecule has 2 aromatic carbocycles. The molecule has 0 fully saturated rings. The zero-order chi connectivity index (χ0) is 18.2. The topological polar surface area (TPSA) is 59.9 Å². The quantitative estimate of drug-likeness (QED) is 0.591. The highest BCUT2D eigenvalue weighted by Crippen LogP contribution is 2.25. The Labute approximate surface area is 152 Å². The van der Waals surface area contributed by atoms with Gasteiger partial charge >= 0.3 is 0 Å². The van der Waals surface area contributed by atoms with Crippen LogP contribution in [0.3, 0.4) is 0 Å². The molecule has 5 nitrogen and oxygen atoms in total. The van der Waals surface area contributed by atoms with Crippen LogP contribution >= 0.6 is 11.6 Å². The van der Waals surface area contributed by atoms with Gasteiger partial charge < -0.3 is 9.47 Å². The van der Waals surface area contributed by atoms with Gasteiger partial charge in [0.05, 0.1) is 24.5 Å². The van der Waals surface area contributed by atoms with E-state index in [1.807, 2.05) is 13.0 Å². The van der Waals surface area contributed by atoms with Gasteiger partial charge in [-0.3, -0.25) is 4.79 Å². The number of halogens is 1. The van der Waals surface area contributed by atoms with Gasteiger partial charge in [0.25, 0.3) is 5.91 Å². The highest BCUT2D eigenvalue weighted by Gasteiger charge is 2.07.